The number of hydrogen-bond donors (Lipinski definition) is 0. The molecule has 0 radical (unpaired) electrons. The Morgan fingerprint density at radius 3 is 2.17 bits per heavy atom. The molecular formula is C16H18O2. The molecule has 2 aromatic rings. The molecule has 0 saturated carbocycles. The highest BCUT2D eigenvalue weighted by molar-refractivity contribution is 5.74. The highest BCUT2D eigenvalue weighted by atomic mass is 16.5. The molecule has 0 N–H and O–H groups in total. The van der Waals surface area contributed by atoms with Crippen LogP contribution in [0.3, 0.4) is 0 Å². The van der Waals surface area contributed by atoms with Crippen molar-refractivity contribution in [3.63, 3.8) is 0 Å². The Kier molecular flexibility index (Phi) is 3.56. The van der Waals surface area contributed by atoms with Crippen LogP contribution in [0.4, 0.5) is 0 Å². The summed E-state index contributed by atoms with van der Waals surface area (Å²) in [5.74, 6) is 1.77. The number of benzene rings is 2. The van der Waals surface area contributed by atoms with Crippen molar-refractivity contribution in [1.82, 2.24) is 0 Å². The van der Waals surface area contributed by atoms with Crippen LogP contribution in [0, 0.1) is 13.8 Å². The maximum absolute atomic E-state index is 5.44. The SMILES string of the molecule is COc1ccc(-c2cc(C)ccc2OC)c(C)c1. The van der Waals surface area contributed by atoms with E-state index in [-0.39, 0.29) is 0 Å². The largest absolute Gasteiger partial charge is 0.497 e. The van der Waals surface area contributed by atoms with E-state index in [0.29, 0.717) is 0 Å². The summed E-state index contributed by atoms with van der Waals surface area (Å²) in [5, 5.41) is 0. The number of ether oxygens (including phenoxy) is 2. The Morgan fingerprint density at radius 1 is 0.778 bits per heavy atom. The van der Waals surface area contributed by atoms with Gasteiger partial charge in [0.2, 0.25) is 0 Å². The van der Waals surface area contributed by atoms with E-state index in [1.165, 1.54) is 16.7 Å². The van der Waals surface area contributed by atoms with Crippen LogP contribution < -0.4 is 9.47 Å². The summed E-state index contributed by atoms with van der Waals surface area (Å²) in [6.07, 6.45) is 0. The van der Waals surface area contributed by atoms with Gasteiger partial charge in [0.25, 0.3) is 0 Å². The first-order valence-corrected chi connectivity index (χ1v) is 5.95. The van der Waals surface area contributed by atoms with Crippen LogP contribution >= 0.6 is 0 Å². The summed E-state index contributed by atoms with van der Waals surface area (Å²) in [6, 6.07) is 12.3. The lowest BCUT2D eigenvalue weighted by Gasteiger charge is -2.13. The minimum absolute atomic E-state index is 0.878. The fourth-order valence-electron chi connectivity index (χ4n) is 2.10. The topological polar surface area (TPSA) is 18.5 Å². The van der Waals surface area contributed by atoms with E-state index in [0.717, 1.165) is 17.1 Å². The van der Waals surface area contributed by atoms with Gasteiger partial charge in [-0.1, -0.05) is 17.7 Å². The molecule has 0 bridgehead atoms. The summed E-state index contributed by atoms with van der Waals surface area (Å²) < 4.78 is 10.7. The molecule has 0 aliphatic rings. The van der Waals surface area contributed by atoms with E-state index in [1.54, 1.807) is 14.2 Å². The van der Waals surface area contributed by atoms with Crippen LogP contribution in [0.15, 0.2) is 36.4 Å². The zero-order valence-electron chi connectivity index (χ0n) is 11.3. The second kappa shape index (κ2) is 5.13. The predicted molar refractivity (Wildman–Crippen MR) is 74.5 cm³/mol. The normalized spacial score (nSPS) is 10.2. The van der Waals surface area contributed by atoms with Crippen molar-refractivity contribution in [2.45, 2.75) is 13.8 Å². The van der Waals surface area contributed by atoms with Gasteiger partial charge in [-0.25, -0.2) is 0 Å². The molecule has 2 aromatic carbocycles. The molecule has 94 valence electrons. The molecule has 2 nitrogen and oxygen atoms in total. The monoisotopic (exact) mass is 242 g/mol. The zero-order valence-corrected chi connectivity index (χ0v) is 11.3. The highest BCUT2D eigenvalue weighted by Crippen LogP contribution is 2.34. The molecule has 2 rings (SSSR count). The lowest BCUT2D eigenvalue weighted by atomic mass is 9.98. The van der Waals surface area contributed by atoms with Gasteiger partial charge in [0.15, 0.2) is 0 Å². The van der Waals surface area contributed by atoms with Gasteiger partial charge in [0.1, 0.15) is 11.5 Å². The molecule has 0 unspecified atom stereocenters. The Bertz CT molecular complexity index is 559. The van der Waals surface area contributed by atoms with E-state index in [4.69, 9.17) is 9.47 Å². The molecular weight excluding hydrogens is 224 g/mol. The van der Waals surface area contributed by atoms with E-state index in [9.17, 15) is 0 Å². The van der Waals surface area contributed by atoms with E-state index in [1.807, 2.05) is 18.2 Å². The van der Waals surface area contributed by atoms with Gasteiger partial charge in [0.05, 0.1) is 14.2 Å². The van der Waals surface area contributed by atoms with Crippen molar-refractivity contribution in [3.8, 4) is 22.6 Å². The lowest BCUT2D eigenvalue weighted by molar-refractivity contribution is 0.414. The molecule has 0 aliphatic carbocycles. The zero-order chi connectivity index (χ0) is 13.1. The van der Waals surface area contributed by atoms with Crippen molar-refractivity contribution in [3.05, 3.63) is 47.5 Å². The smallest absolute Gasteiger partial charge is 0.126 e. The van der Waals surface area contributed by atoms with Crippen molar-refractivity contribution in [2.24, 2.45) is 0 Å². The van der Waals surface area contributed by atoms with Gasteiger partial charge in [-0.15, -0.1) is 0 Å². The molecule has 0 spiro atoms. The van der Waals surface area contributed by atoms with Crippen LogP contribution in [-0.4, -0.2) is 14.2 Å². The number of methoxy groups -OCH3 is 2. The average Bonchev–Trinajstić information content (AvgIpc) is 2.38. The van der Waals surface area contributed by atoms with Gasteiger partial charge in [-0.05, 0) is 49.2 Å². The Morgan fingerprint density at radius 2 is 1.56 bits per heavy atom. The minimum atomic E-state index is 0.878. The van der Waals surface area contributed by atoms with Gasteiger partial charge in [-0.2, -0.15) is 0 Å². The molecule has 0 fully saturated rings. The number of rotatable bonds is 3. The van der Waals surface area contributed by atoms with Crippen molar-refractivity contribution in [1.29, 1.82) is 0 Å². The summed E-state index contributed by atoms with van der Waals surface area (Å²) in [6.45, 7) is 4.17. The van der Waals surface area contributed by atoms with Crippen LogP contribution in [-0.2, 0) is 0 Å². The first-order valence-electron chi connectivity index (χ1n) is 5.95. The van der Waals surface area contributed by atoms with Gasteiger partial charge in [-0.3, -0.25) is 0 Å². The van der Waals surface area contributed by atoms with Crippen LogP contribution in [0.5, 0.6) is 11.5 Å². The fourth-order valence-corrected chi connectivity index (χ4v) is 2.10. The summed E-state index contributed by atoms with van der Waals surface area (Å²) in [4.78, 5) is 0. The second-order valence-corrected chi connectivity index (χ2v) is 4.38. The summed E-state index contributed by atoms with van der Waals surface area (Å²) >= 11 is 0. The summed E-state index contributed by atoms with van der Waals surface area (Å²) in [5.41, 5.74) is 4.70. The molecule has 18 heavy (non-hydrogen) atoms. The van der Waals surface area contributed by atoms with Crippen molar-refractivity contribution >= 4 is 0 Å². The van der Waals surface area contributed by atoms with Gasteiger partial charge < -0.3 is 9.47 Å². The predicted octanol–water partition coefficient (Wildman–Crippen LogP) is 3.99. The first kappa shape index (κ1) is 12.5. The minimum Gasteiger partial charge on any atom is -0.497 e. The highest BCUT2D eigenvalue weighted by Gasteiger charge is 2.09. The fraction of sp³-hybridized carbons (Fsp3) is 0.250. The van der Waals surface area contributed by atoms with Crippen LogP contribution in [0.2, 0.25) is 0 Å². The first-order chi connectivity index (χ1) is 8.65. The van der Waals surface area contributed by atoms with Crippen molar-refractivity contribution in [2.75, 3.05) is 14.2 Å². The van der Waals surface area contributed by atoms with Gasteiger partial charge in [0, 0.05) is 5.56 Å². The molecule has 0 amide bonds. The Labute approximate surface area is 108 Å². The average molecular weight is 242 g/mol. The standard InChI is InChI=1S/C16H18O2/c1-11-5-8-16(18-4)15(9-11)14-7-6-13(17-3)10-12(14)2/h5-10H,1-4H3. The maximum atomic E-state index is 5.44. The maximum Gasteiger partial charge on any atom is 0.126 e. The third kappa shape index (κ3) is 2.33. The molecule has 0 aliphatic heterocycles. The van der Waals surface area contributed by atoms with Crippen LogP contribution in [0.1, 0.15) is 11.1 Å². The lowest BCUT2D eigenvalue weighted by Crippen LogP contribution is -1.92. The Hall–Kier alpha value is -1.96. The number of hydrogen-bond acceptors (Lipinski definition) is 2. The Balaban J connectivity index is 2.57. The third-order valence-electron chi connectivity index (χ3n) is 3.08. The van der Waals surface area contributed by atoms with Crippen molar-refractivity contribution < 1.29 is 9.47 Å². The summed E-state index contributed by atoms with van der Waals surface area (Å²) in [7, 11) is 3.38. The number of aryl methyl sites for hydroxylation is 2. The van der Waals surface area contributed by atoms with Gasteiger partial charge >= 0.3 is 0 Å². The molecule has 0 aromatic heterocycles. The molecule has 0 atom stereocenters. The van der Waals surface area contributed by atoms with Crippen LogP contribution in [0.25, 0.3) is 11.1 Å². The van der Waals surface area contributed by atoms with E-state index in [2.05, 4.69) is 32.0 Å². The van der Waals surface area contributed by atoms with E-state index < -0.39 is 0 Å². The third-order valence-corrected chi connectivity index (χ3v) is 3.08. The quantitative estimate of drug-likeness (QED) is 0.810. The van der Waals surface area contributed by atoms with E-state index >= 15 is 0 Å². The molecule has 0 heterocycles. The molecule has 2 heteroatoms. The second-order valence-electron chi connectivity index (χ2n) is 4.38. The molecule has 0 saturated heterocycles.